The summed E-state index contributed by atoms with van der Waals surface area (Å²) in [6.45, 7) is 1.76. The zero-order valence-electron chi connectivity index (χ0n) is 9.76. The van der Waals surface area contributed by atoms with E-state index < -0.39 is 0 Å². The van der Waals surface area contributed by atoms with Crippen LogP contribution in [0.25, 0.3) is 0 Å². The summed E-state index contributed by atoms with van der Waals surface area (Å²) in [5.74, 6) is 0. The second kappa shape index (κ2) is 5.03. The van der Waals surface area contributed by atoms with Crippen molar-refractivity contribution in [3.8, 4) is 0 Å². The Kier molecular flexibility index (Phi) is 3.46. The first-order chi connectivity index (χ1) is 8.18. The minimum Gasteiger partial charge on any atom is -0.399 e. The van der Waals surface area contributed by atoms with E-state index >= 15 is 0 Å². The molecule has 1 saturated heterocycles. The van der Waals surface area contributed by atoms with Crippen molar-refractivity contribution in [3.05, 3.63) is 28.3 Å². The summed E-state index contributed by atoms with van der Waals surface area (Å²) in [7, 11) is 0. The first-order valence-electron chi connectivity index (χ1n) is 5.97. The van der Waals surface area contributed by atoms with Crippen molar-refractivity contribution in [2.75, 3.05) is 23.7 Å². The average Bonchev–Trinajstić information content (AvgIpc) is 2.56. The minimum absolute atomic E-state index is 0.154. The molecule has 0 radical (unpaired) electrons. The second-order valence-electron chi connectivity index (χ2n) is 4.41. The van der Waals surface area contributed by atoms with Crippen LogP contribution in [0.2, 0.25) is 0 Å². The summed E-state index contributed by atoms with van der Waals surface area (Å²) in [5.41, 5.74) is 7.12. The molecule has 1 aromatic rings. The molecule has 5 nitrogen and oxygen atoms in total. The predicted molar refractivity (Wildman–Crippen MR) is 68.2 cm³/mol. The molecule has 0 aliphatic carbocycles. The lowest BCUT2D eigenvalue weighted by atomic mass is 10.2. The van der Waals surface area contributed by atoms with Crippen LogP contribution in [0.3, 0.4) is 0 Å². The maximum absolute atomic E-state index is 11.0. The van der Waals surface area contributed by atoms with E-state index in [1.165, 1.54) is 18.9 Å². The normalized spacial score (nSPS) is 16.6. The molecule has 1 aromatic carbocycles. The van der Waals surface area contributed by atoms with E-state index in [1.54, 1.807) is 12.1 Å². The van der Waals surface area contributed by atoms with Crippen molar-refractivity contribution in [3.63, 3.8) is 0 Å². The summed E-state index contributed by atoms with van der Waals surface area (Å²) >= 11 is 0. The highest BCUT2D eigenvalue weighted by Crippen LogP contribution is 2.31. The number of nitrogens with zero attached hydrogens (tertiary/aromatic N) is 2. The van der Waals surface area contributed by atoms with E-state index in [4.69, 9.17) is 5.73 Å². The highest BCUT2D eigenvalue weighted by molar-refractivity contribution is 5.68. The Hall–Kier alpha value is -1.78. The summed E-state index contributed by atoms with van der Waals surface area (Å²) in [6, 6.07) is 4.79. The molecule has 2 N–H and O–H groups in total. The fraction of sp³-hybridized carbons (Fsp3) is 0.500. The monoisotopic (exact) mass is 235 g/mol. The van der Waals surface area contributed by atoms with Crippen LogP contribution >= 0.6 is 0 Å². The van der Waals surface area contributed by atoms with Crippen molar-refractivity contribution in [1.29, 1.82) is 0 Å². The summed E-state index contributed by atoms with van der Waals surface area (Å²) < 4.78 is 0. The van der Waals surface area contributed by atoms with Crippen LogP contribution in [0.1, 0.15) is 25.7 Å². The van der Waals surface area contributed by atoms with Crippen LogP contribution in [0.5, 0.6) is 0 Å². The van der Waals surface area contributed by atoms with Gasteiger partial charge in [-0.05, 0) is 25.0 Å². The molecular weight excluding hydrogens is 218 g/mol. The van der Waals surface area contributed by atoms with Crippen molar-refractivity contribution >= 4 is 17.1 Å². The Labute approximate surface area is 100 Å². The smallest absolute Gasteiger partial charge is 0.292 e. The van der Waals surface area contributed by atoms with Gasteiger partial charge in [0, 0.05) is 24.8 Å². The third-order valence-electron chi connectivity index (χ3n) is 3.14. The van der Waals surface area contributed by atoms with E-state index in [1.807, 2.05) is 0 Å². The van der Waals surface area contributed by atoms with Gasteiger partial charge >= 0.3 is 0 Å². The molecule has 0 atom stereocenters. The number of hydrogen-bond donors (Lipinski definition) is 1. The molecule has 0 saturated carbocycles. The van der Waals surface area contributed by atoms with Crippen molar-refractivity contribution in [2.45, 2.75) is 25.7 Å². The summed E-state index contributed by atoms with van der Waals surface area (Å²) in [5, 5.41) is 11.0. The molecule has 1 fully saturated rings. The minimum atomic E-state index is -0.334. The van der Waals surface area contributed by atoms with Crippen LogP contribution in [-0.2, 0) is 0 Å². The molecule has 0 bridgehead atoms. The molecule has 0 spiro atoms. The first kappa shape index (κ1) is 11.7. The lowest BCUT2D eigenvalue weighted by molar-refractivity contribution is -0.384. The maximum Gasteiger partial charge on any atom is 0.292 e. The van der Waals surface area contributed by atoms with Crippen LogP contribution in [0, 0.1) is 10.1 Å². The highest BCUT2D eigenvalue weighted by Gasteiger charge is 2.20. The summed E-state index contributed by atoms with van der Waals surface area (Å²) in [6.07, 6.45) is 4.58. The van der Waals surface area contributed by atoms with Crippen molar-refractivity contribution < 1.29 is 4.92 Å². The Morgan fingerprint density at radius 2 is 1.82 bits per heavy atom. The molecule has 1 aliphatic rings. The predicted octanol–water partition coefficient (Wildman–Crippen LogP) is 2.56. The number of rotatable bonds is 2. The molecule has 5 heteroatoms. The van der Waals surface area contributed by atoms with E-state index in [0.717, 1.165) is 25.9 Å². The lowest BCUT2D eigenvalue weighted by Crippen LogP contribution is -2.24. The molecule has 0 amide bonds. The second-order valence-corrected chi connectivity index (χ2v) is 4.41. The van der Waals surface area contributed by atoms with Gasteiger partial charge in [-0.1, -0.05) is 12.8 Å². The van der Waals surface area contributed by atoms with Gasteiger partial charge in [-0.3, -0.25) is 10.1 Å². The molecule has 0 unspecified atom stereocenters. The standard InChI is InChI=1S/C12H17N3O2/c13-10-5-6-11(15(16)17)12(9-10)14-7-3-1-2-4-8-14/h5-6,9H,1-4,7-8,13H2. The van der Waals surface area contributed by atoms with Gasteiger partial charge in [0.05, 0.1) is 4.92 Å². The van der Waals surface area contributed by atoms with E-state index in [0.29, 0.717) is 11.4 Å². The maximum atomic E-state index is 11.0. The van der Waals surface area contributed by atoms with Gasteiger partial charge in [0.1, 0.15) is 5.69 Å². The van der Waals surface area contributed by atoms with Crippen LogP contribution in [-0.4, -0.2) is 18.0 Å². The topological polar surface area (TPSA) is 72.4 Å². The molecule has 2 rings (SSSR count). The van der Waals surface area contributed by atoms with Crippen LogP contribution in [0.15, 0.2) is 18.2 Å². The summed E-state index contributed by atoms with van der Waals surface area (Å²) in [4.78, 5) is 12.8. The van der Waals surface area contributed by atoms with Crippen molar-refractivity contribution in [2.24, 2.45) is 0 Å². The number of nitro groups is 1. The van der Waals surface area contributed by atoms with Crippen LogP contribution in [0.4, 0.5) is 17.1 Å². The van der Waals surface area contributed by atoms with Gasteiger partial charge in [0.15, 0.2) is 0 Å². The molecular formula is C12H17N3O2. The fourth-order valence-corrected chi connectivity index (χ4v) is 2.26. The number of anilines is 2. The largest absolute Gasteiger partial charge is 0.399 e. The van der Waals surface area contributed by atoms with Gasteiger partial charge in [0.2, 0.25) is 0 Å². The van der Waals surface area contributed by atoms with Gasteiger partial charge in [-0.15, -0.1) is 0 Å². The van der Waals surface area contributed by atoms with Gasteiger partial charge in [0.25, 0.3) is 5.69 Å². The molecule has 1 aliphatic heterocycles. The van der Waals surface area contributed by atoms with E-state index in [9.17, 15) is 10.1 Å². The Balaban J connectivity index is 2.34. The molecule has 1 heterocycles. The average molecular weight is 235 g/mol. The fourth-order valence-electron chi connectivity index (χ4n) is 2.26. The van der Waals surface area contributed by atoms with Crippen molar-refractivity contribution in [1.82, 2.24) is 0 Å². The number of nitro benzene ring substituents is 1. The molecule has 17 heavy (non-hydrogen) atoms. The molecule has 0 aromatic heterocycles. The Bertz CT molecular complexity index is 412. The number of benzene rings is 1. The van der Waals surface area contributed by atoms with Gasteiger partial charge in [-0.2, -0.15) is 0 Å². The Morgan fingerprint density at radius 3 is 2.41 bits per heavy atom. The highest BCUT2D eigenvalue weighted by atomic mass is 16.6. The SMILES string of the molecule is Nc1ccc([N+](=O)[O-])c(N2CCCCCC2)c1. The van der Waals surface area contributed by atoms with Gasteiger partial charge < -0.3 is 10.6 Å². The Morgan fingerprint density at radius 1 is 1.18 bits per heavy atom. The third kappa shape index (κ3) is 2.67. The zero-order valence-corrected chi connectivity index (χ0v) is 9.76. The lowest BCUT2D eigenvalue weighted by Gasteiger charge is -2.22. The zero-order chi connectivity index (χ0) is 12.3. The number of nitrogens with two attached hydrogens (primary N) is 1. The first-order valence-corrected chi connectivity index (χ1v) is 5.97. The third-order valence-corrected chi connectivity index (χ3v) is 3.14. The van der Waals surface area contributed by atoms with Crippen LogP contribution < -0.4 is 10.6 Å². The number of hydrogen-bond acceptors (Lipinski definition) is 4. The molecule has 92 valence electrons. The van der Waals surface area contributed by atoms with E-state index in [2.05, 4.69) is 4.90 Å². The van der Waals surface area contributed by atoms with E-state index in [-0.39, 0.29) is 10.6 Å². The quantitative estimate of drug-likeness (QED) is 0.485. The van der Waals surface area contributed by atoms with Gasteiger partial charge in [-0.25, -0.2) is 0 Å². The number of nitrogen functional groups attached to an aromatic ring is 1.